The van der Waals surface area contributed by atoms with Gasteiger partial charge in [0, 0.05) is 15.5 Å². The van der Waals surface area contributed by atoms with E-state index in [9.17, 15) is 0 Å². The first kappa shape index (κ1) is 24.5. The summed E-state index contributed by atoms with van der Waals surface area (Å²) in [4.78, 5) is 0. The van der Waals surface area contributed by atoms with Crippen LogP contribution in [0, 0.1) is 34.0 Å². The van der Waals surface area contributed by atoms with E-state index in [0.717, 1.165) is 12.3 Å². The van der Waals surface area contributed by atoms with Crippen molar-refractivity contribution in [1.82, 2.24) is 0 Å². The van der Waals surface area contributed by atoms with Crippen molar-refractivity contribution < 1.29 is 0 Å². The predicted molar refractivity (Wildman–Crippen MR) is 142 cm³/mol. The summed E-state index contributed by atoms with van der Waals surface area (Å²) in [6.07, 6.45) is 16.6. The van der Waals surface area contributed by atoms with Gasteiger partial charge in [-0.2, -0.15) is 25.3 Å². The lowest BCUT2D eigenvalue weighted by Crippen LogP contribution is -2.67. The summed E-state index contributed by atoms with van der Waals surface area (Å²) < 4.78 is 0.149. The van der Waals surface area contributed by atoms with E-state index in [1.54, 1.807) is 5.57 Å². The van der Waals surface area contributed by atoms with E-state index in [-0.39, 0.29) is 10.3 Å². The summed E-state index contributed by atoms with van der Waals surface area (Å²) in [7, 11) is 0. The number of nitrogens with two attached hydrogens (primary N) is 1. The van der Waals surface area contributed by atoms with E-state index >= 15 is 0 Å². The first-order valence-corrected chi connectivity index (χ1v) is 14.1. The van der Waals surface area contributed by atoms with Crippen molar-refractivity contribution >= 4 is 25.3 Å². The average Bonchev–Trinajstić information content (AvgIpc) is 2.95. The van der Waals surface area contributed by atoms with Gasteiger partial charge in [0.05, 0.1) is 0 Å². The van der Waals surface area contributed by atoms with Crippen LogP contribution in [0.1, 0.15) is 112 Å². The normalized spacial score (nSPS) is 48.4. The van der Waals surface area contributed by atoms with Crippen LogP contribution >= 0.6 is 25.3 Å². The fourth-order valence-electron chi connectivity index (χ4n) is 9.12. The Hall–Kier alpha value is 0.400. The molecule has 4 aliphatic rings. The van der Waals surface area contributed by atoms with E-state index in [2.05, 4.69) is 47.6 Å². The smallest absolute Gasteiger partial charge is 0.0260 e. The van der Waals surface area contributed by atoms with Gasteiger partial charge in [-0.15, -0.1) is 0 Å². The van der Waals surface area contributed by atoms with Crippen molar-refractivity contribution in [1.29, 1.82) is 0 Å². The Morgan fingerprint density at radius 1 is 1.10 bits per heavy atom. The van der Waals surface area contributed by atoms with Crippen LogP contribution in [0.15, 0.2) is 11.6 Å². The standard InChI is InChI=1S/C28H49NS2/c1-19(8-7-13-24(2,3)31)26(5)15-12-23-27(26,6)16-11-22-25(4)14-10-21(30)18-20(25)9-17-28(22,23)29/h9,19,21-23,30-31H,7-8,10-18,29H2,1-6H3/t19-,21?,22+,23+,25?,26+,27?,28?/m0/s1. The maximum atomic E-state index is 7.57. The maximum absolute atomic E-state index is 7.57. The summed E-state index contributed by atoms with van der Waals surface area (Å²) in [5, 5.41) is 0.552. The highest BCUT2D eigenvalue weighted by molar-refractivity contribution is 7.81. The Morgan fingerprint density at radius 3 is 2.45 bits per heavy atom. The molecule has 3 fully saturated rings. The number of thiol groups is 2. The number of allylic oxidation sites excluding steroid dienone is 1. The number of hydrogen-bond donors (Lipinski definition) is 3. The minimum Gasteiger partial charge on any atom is -0.324 e. The summed E-state index contributed by atoms with van der Waals surface area (Å²) in [6.45, 7) is 14.9. The number of rotatable bonds is 5. The maximum Gasteiger partial charge on any atom is 0.0260 e. The Morgan fingerprint density at radius 2 is 1.77 bits per heavy atom. The van der Waals surface area contributed by atoms with Crippen LogP contribution in [0.3, 0.4) is 0 Å². The van der Waals surface area contributed by atoms with Crippen molar-refractivity contribution in [3.05, 3.63) is 11.6 Å². The minimum absolute atomic E-state index is 0.0146. The van der Waals surface area contributed by atoms with Gasteiger partial charge in [0.25, 0.3) is 0 Å². The fraction of sp³-hybridized carbons (Fsp3) is 0.929. The minimum atomic E-state index is -0.0146. The van der Waals surface area contributed by atoms with E-state index in [1.165, 1.54) is 64.2 Å². The van der Waals surface area contributed by atoms with Gasteiger partial charge >= 0.3 is 0 Å². The second-order valence-electron chi connectivity index (χ2n) is 13.5. The molecule has 0 amide bonds. The molecule has 1 nitrogen and oxygen atoms in total. The molecular formula is C28H49NS2. The van der Waals surface area contributed by atoms with Gasteiger partial charge < -0.3 is 5.73 Å². The molecule has 0 aliphatic heterocycles. The van der Waals surface area contributed by atoms with Crippen molar-refractivity contribution in [3.63, 3.8) is 0 Å². The third-order valence-corrected chi connectivity index (χ3v) is 12.1. The molecule has 4 unspecified atom stereocenters. The lowest BCUT2D eigenvalue weighted by molar-refractivity contribution is -0.0980. The lowest BCUT2D eigenvalue weighted by Gasteiger charge is -2.64. The zero-order chi connectivity index (χ0) is 22.9. The molecule has 8 atom stereocenters. The van der Waals surface area contributed by atoms with Crippen LogP contribution in [0.5, 0.6) is 0 Å². The van der Waals surface area contributed by atoms with Gasteiger partial charge in [-0.05, 0) is 91.8 Å². The fourth-order valence-corrected chi connectivity index (χ4v) is 9.60. The Bertz CT molecular complexity index is 725. The van der Waals surface area contributed by atoms with Gasteiger partial charge in [0.15, 0.2) is 0 Å². The van der Waals surface area contributed by atoms with Crippen LogP contribution < -0.4 is 5.73 Å². The highest BCUT2D eigenvalue weighted by Crippen LogP contribution is 2.72. The van der Waals surface area contributed by atoms with Crippen LogP contribution in [0.4, 0.5) is 0 Å². The molecule has 0 radical (unpaired) electrons. The van der Waals surface area contributed by atoms with Gasteiger partial charge in [-0.3, -0.25) is 0 Å². The molecule has 0 bridgehead atoms. The second kappa shape index (κ2) is 7.98. The van der Waals surface area contributed by atoms with Gasteiger partial charge in [-0.25, -0.2) is 0 Å². The van der Waals surface area contributed by atoms with Gasteiger partial charge in [-0.1, -0.05) is 66.0 Å². The first-order chi connectivity index (χ1) is 14.3. The number of hydrogen-bond acceptors (Lipinski definition) is 3. The third-order valence-electron chi connectivity index (χ3n) is 11.4. The quantitative estimate of drug-likeness (QED) is 0.281. The average molecular weight is 464 g/mol. The Kier molecular flexibility index (Phi) is 6.31. The summed E-state index contributed by atoms with van der Waals surface area (Å²) in [6, 6.07) is 0. The van der Waals surface area contributed by atoms with Crippen molar-refractivity contribution in [3.8, 4) is 0 Å². The second-order valence-corrected chi connectivity index (χ2v) is 15.4. The monoisotopic (exact) mass is 463 g/mol. The molecule has 4 aliphatic carbocycles. The molecule has 3 heteroatoms. The summed E-state index contributed by atoms with van der Waals surface area (Å²) in [5.74, 6) is 2.07. The molecule has 3 saturated carbocycles. The molecule has 0 saturated heterocycles. The third kappa shape index (κ3) is 3.79. The van der Waals surface area contributed by atoms with Crippen LogP contribution in [-0.2, 0) is 0 Å². The summed E-state index contributed by atoms with van der Waals surface area (Å²) >= 11 is 9.61. The lowest BCUT2D eigenvalue weighted by atomic mass is 9.42. The van der Waals surface area contributed by atoms with E-state index in [0.29, 0.717) is 33.3 Å². The largest absolute Gasteiger partial charge is 0.324 e. The molecule has 0 spiro atoms. The van der Waals surface area contributed by atoms with Gasteiger partial charge in [0.1, 0.15) is 0 Å². The molecule has 0 aromatic heterocycles. The molecule has 178 valence electrons. The van der Waals surface area contributed by atoms with Gasteiger partial charge in [0.2, 0.25) is 0 Å². The van der Waals surface area contributed by atoms with Crippen molar-refractivity contribution in [2.75, 3.05) is 0 Å². The highest BCUT2D eigenvalue weighted by atomic mass is 32.1. The van der Waals surface area contributed by atoms with E-state index in [1.807, 2.05) is 0 Å². The molecule has 0 aromatic rings. The Balaban J connectivity index is 1.58. The van der Waals surface area contributed by atoms with Crippen LogP contribution in [0.25, 0.3) is 0 Å². The SMILES string of the molecule is C[C@@H](CCCC(C)(C)S)[C@@]1(C)CC[C@H]2C3(N)CC=C4CC(S)CCC4(C)[C@H]3CCC21C. The topological polar surface area (TPSA) is 26.0 Å². The van der Waals surface area contributed by atoms with Crippen LogP contribution in [0.2, 0.25) is 0 Å². The molecule has 0 aromatic carbocycles. The van der Waals surface area contributed by atoms with Crippen molar-refractivity contribution in [2.45, 2.75) is 128 Å². The zero-order valence-electron chi connectivity index (χ0n) is 21.1. The predicted octanol–water partition coefficient (Wildman–Crippen LogP) is 7.85. The molecule has 4 rings (SSSR count). The van der Waals surface area contributed by atoms with E-state index < -0.39 is 0 Å². The zero-order valence-corrected chi connectivity index (χ0v) is 22.9. The van der Waals surface area contributed by atoms with Crippen molar-refractivity contribution in [2.24, 2.45) is 39.7 Å². The van der Waals surface area contributed by atoms with Crippen LogP contribution in [-0.4, -0.2) is 15.5 Å². The molecule has 0 heterocycles. The first-order valence-electron chi connectivity index (χ1n) is 13.2. The summed E-state index contributed by atoms with van der Waals surface area (Å²) in [5.41, 5.74) is 10.3. The number of fused-ring (bicyclic) bond motifs is 5. The highest BCUT2D eigenvalue weighted by Gasteiger charge is 2.67. The Labute approximate surface area is 204 Å². The molecular weight excluding hydrogens is 414 g/mol. The molecule has 31 heavy (non-hydrogen) atoms. The molecule has 2 N–H and O–H groups in total. The van der Waals surface area contributed by atoms with E-state index in [4.69, 9.17) is 31.0 Å².